The molecule has 13 nitrogen and oxygen atoms in total. The highest BCUT2D eigenvalue weighted by molar-refractivity contribution is 6.23. The number of hydrogen-bond acceptors (Lipinski definition) is 10. The van der Waals surface area contributed by atoms with Crippen molar-refractivity contribution in [1.29, 1.82) is 0 Å². The number of carbonyl (C=O) groups is 4. The van der Waals surface area contributed by atoms with Crippen molar-refractivity contribution in [3.8, 4) is 5.75 Å². The van der Waals surface area contributed by atoms with Crippen LogP contribution in [0, 0.1) is 10.1 Å². The van der Waals surface area contributed by atoms with Crippen LogP contribution < -0.4 is 15.7 Å². The molecule has 0 atom stereocenters. The standard InChI is InChI=1S/C25H21N3O10/c1-36-11-3-9-26-22(30)17-12-14-6-7-15(13-19(14)38-25(17)33)37-20(29)8-10-27-23(31)16-4-2-5-18(28(34)35)21(16)24(27)32/h2,4-7,12-13H,3,8-11H2,1H3,(H,26,30). The Kier molecular flexibility index (Phi) is 7.58. The molecule has 3 aromatic rings. The predicted octanol–water partition coefficient (Wildman–Crippen LogP) is 2.06. The molecule has 38 heavy (non-hydrogen) atoms. The van der Waals surface area contributed by atoms with Crippen LogP contribution in [0.2, 0.25) is 0 Å². The lowest BCUT2D eigenvalue weighted by molar-refractivity contribution is -0.385. The van der Waals surface area contributed by atoms with Gasteiger partial charge in [0.2, 0.25) is 0 Å². The Bertz CT molecular complexity index is 1530. The van der Waals surface area contributed by atoms with Crippen molar-refractivity contribution < 1.29 is 38.0 Å². The van der Waals surface area contributed by atoms with Crippen LogP contribution in [0.15, 0.2) is 51.7 Å². The number of rotatable bonds is 10. The van der Waals surface area contributed by atoms with Gasteiger partial charge in [-0.2, -0.15) is 0 Å². The van der Waals surface area contributed by atoms with Crippen molar-refractivity contribution >= 4 is 40.3 Å². The Morgan fingerprint density at radius 2 is 1.89 bits per heavy atom. The first-order chi connectivity index (χ1) is 18.2. The van der Waals surface area contributed by atoms with Gasteiger partial charge in [0, 0.05) is 44.3 Å². The highest BCUT2D eigenvalue weighted by Gasteiger charge is 2.40. The zero-order chi connectivity index (χ0) is 27.4. The minimum absolute atomic E-state index is 0.0282. The van der Waals surface area contributed by atoms with Crippen LogP contribution in [0.25, 0.3) is 11.0 Å². The number of nitrogens with zero attached hydrogens (tertiary/aromatic N) is 2. The fraction of sp³-hybridized carbons (Fsp3) is 0.240. The van der Waals surface area contributed by atoms with Crippen LogP contribution in [-0.2, 0) is 9.53 Å². The summed E-state index contributed by atoms with van der Waals surface area (Å²) < 4.78 is 15.4. The number of nitrogens with one attached hydrogen (secondary N) is 1. The van der Waals surface area contributed by atoms with E-state index in [1.54, 1.807) is 0 Å². The minimum atomic E-state index is -0.870. The number of imide groups is 1. The first-order valence-electron chi connectivity index (χ1n) is 11.4. The quantitative estimate of drug-likeness (QED) is 0.0787. The van der Waals surface area contributed by atoms with E-state index in [1.807, 2.05) is 0 Å². The molecule has 1 aliphatic rings. The number of methoxy groups -OCH3 is 1. The molecule has 0 aliphatic carbocycles. The lowest BCUT2D eigenvalue weighted by atomic mass is 10.1. The maximum atomic E-state index is 12.6. The molecule has 196 valence electrons. The Hall–Kier alpha value is -4.91. The van der Waals surface area contributed by atoms with Gasteiger partial charge in [-0.25, -0.2) is 4.79 Å². The van der Waals surface area contributed by atoms with E-state index in [0.29, 0.717) is 25.0 Å². The number of nitro groups is 1. The Labute approximate surface area is 214 Å². The summed E-state index contributed by atoms with van der Waals surface area (Å²) in [5.74, 6) is -2.97. The lowest BCUT2D eigenvalue weighted by Crippen LogP contribution is -2.32. The summed E-state index contributed by atoms with van der Waals surface area (Å²) >= 11 is 0. The van der Waals surface area contributed by atoms with E-state index in [2.05, 4.69) is 5.32 Å². The van der Waals surface area contributed by atoms with Crippen LogP contribution in [0.1, 0.15) is 43.9 Å². The monoisotopic (exact) mass is 523 g/mol. The molecule has 13 heteroatoms. The smallest absolute Gasteiger partial charge is 0.349 e. The average molecular weight is 523 g/mol. The summed E-state index contributed by atoms with van der Waals surface area (Å²) in [6, 6.07) is 9.30. The molecular weight excluding hydrogens is 502 g/mol. The van der Waals surface area contributed by atoms with Gasteiger partial charge in [-0.3, -0.25) is 34.2 Å². The minimum Gasteiger partial charge on any atom is -0.426 e. The maximum absolute atomic E-state index is 12.6. The third kappa shape index (κ3) is 5.27. The lowest BCUT2D eigenvalue weighted by Gasteiger charge is -2.13. The molecular formula is C25H21N3O10. The van der Waals surface area contributed by atoms with Gasteiger partial charge in [-0.1, -0.05) is 6.07 Å². The van der Waals surface area contributed by atoms with Crippen LogP contribution >= 0.6 is 0 Å². The van der Waals surface area contributed by atoms with Crippen LogP contribution in [0.5, 0.6) is 5.75 Å². The summed E-state index contributed by atoms with van der Waals surface area (Å²) in [4.78, 5) is 73.3. The van der Waals surface area contributed by atoms with Crippen molar-refractivity contribution in [1.82, 2.24) is 10.2 Å². The van der Waals surface area contributed by atoms with E-state index >= 15 is 0 Å². The van der Waals surface area contributed by atoms with Crippen molar-refractivity contribution in [2.75, 3.05) is 26.8 Å². The molecule has 2 aromatic carbocycles. The second-order valence-corrected chi connectivity index (χ2v) is 8.19. The van der Waals surface area contributed by atoms with Gasteiger partial charge < -0.3 is 19.2 Å². The van der Waals surface area contributed by atoms with E-state index in [9.17, 15) is 34.1 Å². The van der Waals surface area contributed by atoms with Crippen molar-refractivity contribution in [2.24, 2.45) is 0 Å². The number of esters is 1. The summed E-state index contributed by atoms with van der Waals surface area (Å²) in [5.41, 5.74) is -1.89. The maximum Gasteiger partial charge on any atom is 0.349 e. The van der Waals surface area contributed by atoms with E-state index in [1.165, 1.54) is 43.5 Å². The molecule has 4 rings (SSSR count). The molecule has 1 aromatic heterocycles. The average Bonchev–Trinajstić information content (AvgIpc) is 3.13. The van der Waals surface area contributed by atoms with Crippen LogP contribution in [-0.4, -0.2) is 60.3 Å². The topological polar surface area (TPSA) is 175 Å². The van der Waals surface area contributed by atoms with Gasteiger partial charge in [0.25, 0.3) is 23.4 Å². The molecule has 0 spiro atoms. The number of ether oxygens (including phenoxy) is 2. The SMILES string of the molecule is COCCCNC(=O)c1cc2ccc(OC(=O)CCN3C(=O)c4cccc([N+](=O)[O-])c4C3=O)cc2oc1=O. The van der Waals surface area contributed by atoms with Gasteiger partial charge in [0.15, 0.2) is 0 Å². The molecule has 0 unspecified atom stereocenters. The van der Waals surface area contributed by atoms with Crippen LogP contribution in [0.4, 0.5) is 5.69 Å². The third-order valence-corrected chi connectivity index (χ3v) is 5.71. The van der Waals surface area contributed by atoms with Crippen LogP contribution in [0.3, 0.4) is 0 Å². The molecule has 0 radical (unpaired) electrons. The molecule has 3 amide bonds. The number of benzene rings is 2. The van der Waals surface area contributed by atoms with Crippen molar-refractivity contribution in [3.05, 3.63) is 79.7 Å². The van der Waals surface area contributed by atoms with E-state index in [4.69, 9.17) is 13.9 Å². The van der Waals surface area contributed by atoms with Crippen molar-refractivity contribution in [3.63, 3.8) is 0 Å². The molecule has 2 heterocycles. The molecule has 1 N–H and O–H groups in total. The molecule has 1 aliphatic heterocycles. The summed E-state index contributed by atoms with van der Waals surface area (Å²) in [5, 5.41) is 14.2. The first kappa shape index (κ1) is 26.2. The largest absolute Gasteiger partial charge is 0.426 e. The fourth-order valence-corrected chi connectivity index (χ4v) is 3.88. The normalized spacial score (nSPS) is 12.5. The summed E-state index contributed by atoms with van der Waals surface area (Å²) in [6.07, 6.45) is 0.187. The van der Waals surface area contributed by atoms with Gasteiger partial charge in [-0.15, -0.1) is 0 Å². The van der Waals surface area contributed by atoms with Gasteiger partial charge in [0.05, 0.1) is 16.9 Å². The highest BCUT2D eigenvalue weighted by Crippen LogP contribution is 2.31. The third-order valence-electron chi connectivity index (χ3n) is 5.71. The Morgan fingerprint density at radius 1 is 1.11 bits per heavy atom. The molecule has 0 saturated carbocycles. The predicted molar refractivity (Wildman–Crippen MR) is 130 cm³/mol. The van der Waals surface area contributed by atoms with E-state index in [-0.39, 0.29) is 41.0 Å². The first-order valence-corrected chi connectivity index (χ1v) is 11.4. The number of fused-ring (bicyclic) bond motifs is 2. The number of hydrogen-bond donors (Lipinski definition) is 1. The van der Waals surface area contributed by atoms with E-state index in [0.717, 1.165) is 11.0 Å². The Balaban J connectivity index is 1.40. The summed E-state index contributed by atoms with van der Waals surface area (Å²) in [7, 11) is 1.54. The fourth-order valence-electron chi connectivity index (χ4n) is 3.88. The molecule has 0 fully saturated rings. The van der Waals surface area contributed by atoms with Gasteiger partial charge in [-0.05, 0) is 30.7 Å². The number of carbonyl (C=O) groups excluding carboxylic acids is 4. The van der Waals surface area contributed by atoms with Gasteiger partial charge in [0.1, 0.15) is 22.5 Å². The zero-order valence-corrected chi connectivity index (χ0v) is 20.1. The van der Waals surface area contributed by atoms with E-state index < -0.39 is 39.9 Å². The second kappa shape index (κ2) is 11.0. The number of nitro benzene ring substituents is 1. The second-order valence-electron chi connectivity index (χ2n) is 8.19. The van der Waals surface area contributed by atoms with Gasteiger partial charge >= 0.3 is 11.6 Å². The number of amides is 3. The molecule has 0 bridgehead atoms. The molecule has 0 saturated heterocycles. The highest BCUT2D eigenvalue weighted by atomic mass is 16.6. The summed E-state index contributed by atoms with van der Waals surface area (Å²) in [6.45, 7) is 0.416. The van der Waals surface area contributed by atoms with Crippen molar-refractivity contribution in [2.45, 2.75) is 12.8 Å². The Morgan fingerprint density at radius 3 is 2.63 bits per heavy atom. The zero-order valence-electron chi connectivity index (χ0n) is 20.1.